The van der Waals surface area contributed by atoms with Crippen molar-refractivity contribution >= 4 is 17.4 Å². The molecule has 2 aromatic rings. The fraction of sp³-hybridized carbons (Fsp3) is 0.583. The predicted molar refractivity (Wildman–Crippen MR) is 71.3 cm³/mol. The van der Waals surface area contributed by atoms with E-state index in [0.29, 0.717) is 24.0 Å². The van der Waals surface area contributed by atoms with Crippen molar-refractivity contribution in [2.24, 2.45) is 0 Å². The number of hydrogen-bond donors (Lipinski definition) is 0. The molecule has 1 saturated heterocycles. The van der Waals surface area contributed by atoms with Crippen LogP contribution >= 0.6 is 11.5 Å². The molecule has 1 fully saturated rings. The van der Waals surface area contributed by atoms with Crippen molar-refractivity contribution in [1.29, 1.82) is 0 Å². The topological polar surface area (TPSA) is 85.0 Å². The second-order valence-electron chi connectivity index (χ2n) is 5.09. The van der Waals surface area contributed by atoms with E-state index in [1.54, 1.807) is 10.3 Å². The van der Waals surface area contributed by atoms with Crippen molar-refractivity contribution in [2.75, 3.05) is 6.54 Å². The molecular weight excluding hydrogens is 278 g/mol. The minimum atomic E-state index is -0.125. The highest BCUT2D eigenvalue weighted by atomic mass is 32.1. The van der Waals surface area contributed by atoms with Gasteiger partial charge < -0.3 is 9.42 Å². The van der Waals surface area contributed by atoms with E-state index in [1.165, 1.54) is 11.5 Å². The summed E-state index contributed by atoms with van der Waals surface area (Å²) in [5.41, 5.74) is 0.384. The lowest BCUT2D eigenvalue weighted by Crippen LogP contribution is -2.31. The van der Waals surface area contributed by atoms with Gasteiger partial charge in [0.2, 0.25) is 5.89 Å². The summed E-state index contributed by atoms with van der Waals surface area (Å²) in [5, 5.41) is 9.52. The molecule has 3 rings (SSSR count). The van der Waals surface area contributed by atoms with Crippen LogP contribution in [0, 0.1) is 0 Å². The lowest BCUT2D eigenvalue weighted by molar-refractivity contribution is 0.0722. The van der Waals surface area contributed by atoms with Crippen molar-refractivity contribution in [3.63, 3.8) is 0 Å². The van der Waals surface area contributed by atoms with E-state index < -0.39 is 0 Å². The Balaban J connectivity index is 1.83. The number of aromatic nitrogens is 4. The molecule has 1 aliphatic rings. The minimum Gasteiger partial charge on any atom is -0.339 e. The highest BCUT2D eigenvalue weighted by Gasteiger charge is 2.34. The third-order valence-electron chi connectivity index (χ3n) is 3.34. The van der Waals surface area contributed by atoms with Crippen LogP contribution < -0.4 is 0 Å². The van der Waals surface area contributed by atoms with E-state index in [-0.39, 0.29) is 17.9 Å². The van der Waals surface area contributed by atoms with E-state index in [2.05, 4.69) is 19.7 Å². The number of amides is 1. The van der Waals surface area contributed by atoms with Crippen LogP contribution in [0.1, 0.15) is 60.9 Å². The third-order valence-corrected chi connectivity index (χ3v) is 3.85. The molecule has 1 aliphatic heterocycles. The quantitative estimate of drug-likeness (QED) is 0.860. The van der Waals surface area contributed by atoms with Gasteiger partial charge in [-0.05, 0) is 24.4 Å². The maximum Gasteiger partial charge on any atom is 0.275 e. The van der Waals surface area contributed by atoms with Gasteiger partial charge in [0.1, 0.15) is 0 Å². The van der Waals surface area contributed by atoms with Gasteiger partial charge in [-0.2, -0.15) is 4.98 Å². The van der Waals surface area contributed by atoms with Crippen molar-refractivity contribution in [2.45, 2.75) is 38.6 Å². The fourth-order valence-corrected chi connectivity index (χ4v) is 2.73. The standard InChI is InChI=1S/C12H15N5O2S/c1-7(2)11-13-10(15-19-11)9-4-3-5-17(9)12(18)8-6-20-16-14-8/h6-7,9H,3-5H2,1-2H3/t9-/m0/s1. The molecule has 0 N–H and O–H groups in total. The Labute approximate surface area is 120 Å². The molecule has 1 atom stereocenters. The summed E-state index contributed by atoms with van der Waals surface area (Å²) in [6.45, 7) is 4.68. The lowest BCUT2D eigenvalue weighted by atomic mass is 10.2. The molecular formula is C12H15N5O2S. The van der Waals surface area contributed by atoms with Gasteiger partial charge in [-0.3, -0.25) is 4.79 Å². The van der Waals surface area contributed by atoms with Gasteiger partial charge in [0.15, 0.2) is 11.5 Å². The first kappa shape index (κ1) is 13.2. The SMILES string of the molecule is CC(C)c1nc([C@@H]2CCCN2C(=O)c2csnn2)no1. The normalized spacial score (nSPS) is 18.9. The molecule has 0 spiro atoms. The van der Waals surface area contributed by atoms with Crippen LogP contribution in [0.3, 0.4) is 0 Å². The molecule has 3 heterocycles. The number of hydrogen-bond acceptors (Lipinski definition) is 7. The van der Waals surface area contributed by atoms with Gasteiger partial charge in [0.05, 0.1) is 6.04 Å². The van der Waals surface area contributed by atoms with Crippen LogP contribution in [-0.4, -0.2) is 37.1 Å². The van der Waals surface area contributed by atoms with E-state index in [1.807, 2.05) is 13.8 Å². The molecule has 0 radical (unpaired) electrons. The average molecular weight is 293 g/mol. The minimum absolute atomic E-state index is 0.114. The van der Waals surface area contributed by atoms with Gasteiger partial charge in [0, 0.05) is 17.8 Å². The fourth-order valence-electron chi connectivity index (χ4n) is 2.30. The molecule has 2 aromatic heterocycles. The van der Waals surface area contributed by atoms with E-state index in [0.717, 1.165) is 12.8 Å². The Bertz CT molecular complexity index is 595. The van der Waals surface area contributed by atoms with Crippen LogP contribution in [0.25, 0.3) is 0 Å². The number of carbonyl (C=O) groups excluding carboxylic acids is 1. The monoisotopic (exact) mass is 293 g/mol. The van der Waals surface area contributed by atoms with E-state index >= 15 is 0 Å². The highest BCUT2D eigenvalue weighted by Crippen LogP contribution is 2.31. The average Bonchev–Trinajstić information content (AvgIpc) is 3.17. The maximum absolute atomic E-state index is 12.4. The molecule has 8 heteroatoms. The zero-order chi connectivity index (χ0) is 14.1. The number of likely N-dealkylation sites (tertiary alicyclic amines) is 1. The van der Waals surface area contributed by atoms with Gasteiger partial charge in [0.25, 0.3) is 5.91 Å². The van der Waals surface area contributed by atoms with E-state index in [9.17, 15) is 4.79 Å². The Morgan fingerprint density at radius 1 is 1.55 bits per heavy atom. The van der Waals surface area contributed by atoms with Crippen LogP contribution in [-0.2, 0) is 0 Å². The molecule has 0 aromatic carbocycles. The summed E-state index contributed by atoms with van der Waals surface area (Å²) >= 11 is 1.17. The second kappa shape index (κ2) is 5.28. The molecule has 0 unspecified atom stereocenters. The van der Waals surface area contributed by atoms with Crippen molar-refractivity contribution in [3.05, 3.63) is 22.8 Å². The second-order valence-corrected chi connectivity index (χ2v) is 5.70. The largest absolute Gasteiger partial charge is 0.339 e. The smallest absolute Gasteiger partial charge is 0.275 e. The van der Waals surface area contributed by atoms with Crippen molar-refractivity contribution in [1.82, 2.24) is 24.6 Å². The molecule has 1 amide bonds. The summed E-state index contributed by atoms with van der Waals surface area (Å²) in [4.78, 5) is 18.5. The Hall–Kier alpha value is -1.83. The predicted octanol–water partition coefficient (Wildman–Crippen LogP) is 2.02. The molecule has 0 saturated carbocycles. The van der Waals surface area contributed by atoms with Crippen LogP contribution in [0.2, 0.25) is 0 Å². The Morgan fingerprint density at radius 3 is 3.05 bits per heavy atom. The highest BCUT2D eigenvalue weighted by molar-refractivity contribution is 7.03. The maximum atomic E-state index is 12.4. The molecule has 0 bridgehead atoms. The molecule has 20 heavy (non-hydrogen) atoms. The summed E-state index contributed by atoms with van der Waals surface area (Å²) in [6, 6.07) is -0.125. The molecule has 0 aliphatic carbocycles. The summed E-state index contributed by atoms with van der Waals surface area (Å²) in [5.74, 6) is 1.26. The van der Waals surface area contributed by atoms with Crippen LogP contribution in [0.15, 0.2) is 9.90 Å². The summed E-state index contributed by atoms with van der Waals surface area (Å²) in [6.07, 6.45) is 1.78. The number of carbonyl (C=O) groups is 1. The third kappa shape index (κ3) is 2.31. The number of nitrogens with zero attached hydrogens (tertiary/aromatic N) is 5. The van der Waals surface area contributed by atoms with Crippen LogP contribution in [0.5, 0.6) is 0 Å². The first-order chi connectivity index (χ1) is 9.66. The van der Waals surface area contributed by atoms with Gasteiger partial charge in [-0.25, -0.2) is 0 Å². The Morgan fingerprint density at radius 2 is 2.40 bits per heavy atom. The van der Waals surface area contributed by atoms with Gasteiger partial charge >= 0.3 is 0 Å². The lowest BCUT2D eigenvalue weighted by Gasteiger charge is -2.20. The first-order valence-electron chi connectivity index (χ1n) is 6.58. The number of rotatable bonds is 3. The van der Waals surface area contributed by atoms with Gasteiger partial charge in [-0.1, -0.05) is 23.5 Å². The molecule has 7 nitrogen and oxygen atoms in total. The zero-order valence-electron chi connectivity index (χ0n) is 11.3. The zero-order valence-corrected chi connectivity index (χ0v) is 12.1. The first-order valence-corrected chi connectivity index (χ1v) is 7.42. The van der Waals surface area contributed by atoms with Crippen LogP contribution in [0.4, 0.5) is 0 Å². The molecule has 106 valence electrons. The van der Waals surface area contributed by atoms with Gasteiger partial charge in [-0.15, -0.1) is 5.10 Å². The Kier molecular flexibility index (Phi) is 3.47. The van der Waals surface area contributed by atoms with E-state index in [4.69, 9.17) is 4.52 Å². The summed E-state index contributed by atoms with van der Waals surface area (Å²) in [7, 11) is 0. The van der Waals surface area contributed by atoms with Crippen molar-refractivity contribution < 1.29 is 9.32 Å². The van der Waals surface area contributed by atoms with Crippen molar-refractivity contribution in [3.8, 4) is 0 Å². The summed E-state index contributed by atoms with van der Waals surface area (Å²) < 4.78 is 8.97.